The molecule has 6 heteroatoms. The maximum atomic E-state index is 12.3. The molecule has 0 unspecified atom stereocenters. The van der Waals surface area contributed by atoms with Gasteiger partial charge in [-0.3, -0.25) is 9.05 Å². The van der Waals surface area contributed by atoms with E-state index in [4.69, 9.17) is 13.6 Å². The molecule has 0 aliphatic rings. The van der Waals surface area contributed by atoms with Crippen LogP contribution in [0.1, 0.15) is 27.7 Å². The number of nitrogens with zero attached hydrogens (tertiary/aromatic N) is 1. The zero-order valence-corrected chi connectivity index (χ0v) is 13.6. The fraction of sp³-hybridized carbons (Fsp3) is 0.571. The van der Waals surface area contributed by atoms with Gasteiger partial charge >= 0.3 is 7.82 Å². The van der Waals surface area contributed by atoms with Gasteiger partial charge in [-0.15, -0.1) is 0 Å². The number of phosphoric acid groups is 1. The number of hydrogen-bond donors (Lipinski definition) is 0. The lowest BCUT2D eigenvalue weighted by Gasteiger charge is -2.22. The van der Waals surface area contributed by atoms with Crippen molar-refractivity contribution in [3.05, 3.63) is 24.3 Å². The zero-order valence-electron chi connectivity index (χ0n) is 12.7. The second-order valence-electron chi connectivity index (χ2n) is 4.04. The van der Waals surface area contributed by atoms with Crippen LogP contribution in [-0.4, -0.2) is 26.3 Å². The Balaban J connectivity index is 2.91. The maximum Gasteiger partial charge on any atom is 0.530 e. The molecule has 0 heterocycles. The molecule has 0 aromatic heterocycles. The second-order valence-corrected chi connectivity index (χ2v) is 5.64. The van der Waals surface area contributed by atoms with Gasteiger partial charge in [0.2, 0.25) is 0 Å². The van der Waals surface area contributed by atoms with Gasteiger partial charge in [0, 0.05) is 24.8 Å². The first-order valence-electron chi connectivity index (χ1n) is 7.02. The van der Waals surface area contributed by atoms with E-state index >= 15 is 0 Å². The molecule has 0 fully saturated rings. The van der Waals surface area contributed by atoms with Crippen molar-refractivity contribution >= 4 is 13.5 Å². The summed E-state index contributed by atoms with van der Waals surface area (Å²) in [5.41, 5.74) is 1.02. The molecule has 1 rings (SSSR count). The van der Waals surface area contributed by atoms with Crippen molar-refractivity contribution in [2.24, 2.45) is 0 Å². The Bertz CT molecular complexity index is 439. The van der Waals surface area contributed by atoms with Crippen molar-refractivity contribution in [2.45, 2.75) is 27.7 Å². The average Bonchev–Trinajstić information content (AvgIpc) is 2.41. The Morgan fingerprint density at radius 1 is 1.05 bits per heavy atom. The van der Waals surface area contributed by atoms with Crippen LogP contribution in [0.2, 0.25) is 0 Å². The standard InChI is InChI=1S/C14H24NO4P/c1-5-15(6-2)13-10-9-11-14(12-13)19-20(16,17-7-3)18-8-4/h9-12H,5-8H2,1-4H3. The van der Waals surface area contributed by atoms with E-state index < -0.39 is 7.82 Å². The predicted molar refractivity (Wildman–Crippen MR) is 81.5 cm³/mol. The Labute approximate surface area is 121 Å². The summed E-state index contributed by atoms with van der Waals surface area (Å²) < 4.78 is 28.0. The second kappa shape index (κ2) is 8.30. The Hall–Kier alpha value is -1.03. The zero-order chi connectivity index (χ0) is 15.0. The van der Waals surface area contributed by atoms with Crippen LogP contribution in [0.15, 0.2) is 24.3 Å². The average molecular weight is 301 g/mol. The van der Waals surface area contributed by atoms with Crippen molar-refractivity contribution in [3.8, 4) is 5.75 Å². The van der Waals surface area contributed by atoms with Crippen molar-refractivity contribution in [2.75, 3.05) is 31.2 Å². The molecule has 0 saturated heterocycles. The molecule has 1 aromatic carbocycles. The molecular formula is C14H24NO4P. The normalized spacial score (nSPS) is 11.4. The van der Waals surface area contributed by atoms with Gasteiger partial charge in [0.25, 0.3) is 0 Å². The van der Waals surface area contributed by atoms with E-state index in [1.165, 1.54) is 0 Å². The van der Waals surface area contributed by atoms with Gasteiger partial charge < -0.3 is 9.42 Å². The minimum absolute atomic E-state index is 0.271. The molecule has 0 aliphatic heterocycles. The highest BCUT2D eigenvalue weighted by atomic mass is 31.2. The first-order chi connectivity index (χ1) is 9.58. The van der Waals surface area contributed by atoms with Gasteiger partial charge in [0.15, 0.2) is 0 Å². The summed E-state index contributed by atoms with van der Waals surface area (Å²) in [6.45, 7) is 10.0. The van der Waals surface area contributed by atoms with Crippen LogP contribution >= 0.6 is 7.82 Å². The number of anilines is 1. The predicted octanol–water partition coefficient (Wildman–Crippen LogP) is 4.09. The highest BCUT2D eigenvalue weighted by molar-refractivity contribution is 7.48. The highest BCUT2D eigenvalue weighted by Crippen LogP contribution is 2.49. The van der Waals surface area contributed by atoms with Crippen LogP contribution < -0.4 is 9.42 Å². The van der Waals surface area contributed by atoms with Crippen LogP contribution in [0.3, 0.4) is 0 Å². The molecule has 20 heavy (non-hydrogen) atoms. The largest absolute Gasteiger partial charge is 0.530 e. The van der Waals surface area contributed by atoms with Crippen LogP contribution in [0, 0.1) is 0 Å². The molecule has 0 N–H and O–H groups in total. The summed E-state index contributed by atoms with van der Waals surface area (Å²) >= 11 is 0. The van der Waals surface area contributed by atoms with E-state index in [1.807, 2.05) is 18.2 Å². The topological polar surface area (TPSA) is 48.0 Å². The summed E-state index contributed by atoms with van der Waals surface area (Å²) in [6, 6.07) is 7.45. The lowest BCUT2D eigenvalue weighted by molar-refractivity contribution is 0.167. The Morgan fingerprint density at radius 3 is 2.15 bits per heavy atom. The molecule has 0 aliphatic carbocycles. The molecule has 114 valence electrons. The monoisotopic (exact) mass is 301 g/mol. The van der Waals surface area contributed by atoms with Gasteiger partial charge in [-0.2, -0.15) is 0 Å². The number of hydrogen-bond acceptors (Lipinski definition) is 5. The Morgan fingerprint density at radius 2 is 1.65 bits per heavy atom. The summed E-state index contributed by atoms with van der Waals surface area (Å²) in [7, 11) is -3.53. The van der Waals surface area contributed by atoms with Crippen molar-refractivity contribution in [3.63, 3.8) is 0 Å². The fourth-order valence-corrected chi connectivity index (χ4v) is 3.05. The summed E-state index contributed by atoms with van der Waals surface area (Å²) in [5.74, 6) is 0.486. The molecule has 0 saturated carbocycles. The minimum atomic E-state index is -3.53. The van der Waals surface area contributed by atoms with E-state index in [-0.39, 0.29) is 13.2 Å². The summed E-state index contributed by atoms with van der Waals surface area (Å²) in [6.07, 6.45) is 0. The molecular weight excluding hydrogens is 277 g/mol. The third-order valence-electron chi connectivity index (χ3n) is 2.74. The van der Waals surface area contributed by atoms with Gasteiger partial charge in [-0.1, -0.05) is 6.07 Å². The first-order valence-corrected chi connectivity index (χ1v) is 8.48. The number of phosphoric ester groups is 1. The van der Waals surface area contributed by atoms with Gasteiger partial charge in [0.05, 0.1) is 13.2 Å². The van der Waals surface area contributed by atoms with Crippen LogP contribution in [0.5, 0.6) is 5.75 Å². The van der Waals surface area contributed by atoms with E-state index in [9.17, 15) is 4.57 Å². The van der Waals surface area contributed by atoms with Crippen molar-refractivity contribution in [1.82, 2.24) is 0 Å². The molecule has 0 amide bonds. The van der Waals surface area contributed by atoms with Gasteiger partial charge in [0.1, 0.15) is 5.75 Å². The van der Waals surface area contributed by atoms with Gasteiger partial charge in [-0.05, 0) is 39.8 Å². The number of rotatable bonds is 9. The van der Waals surface area contributed by atoms with Crippen LogP contribution in [-0.2, 0) is 13.6 Å². The summed E-state index contributed by atoms with van der Waals surface area (Å²) in [4.78, 5) is 2.18. The highest BCUT2D eigenvalue weighted by Gasteiger charge is 2.27. The smallest absolute Gasteiger partial charge is 0.404 e. The van der Waals surface area contributed by atoms with Gasteiger partial charge in [-0.25, -0.2) is 4.57 Å². The third kappa shape index (κ3) is 4.82. The lowest BCUT2D eigenvalue weighted by Crippen LogP contribution is -2.21. The van der Waals surface area contributed by atoms with E-state index in [0.717, 1.165) is 18.8 Å². The van der Waals surface area contributed by atoms with E-state index in [1.54, 1.807) is 19.9 Å². The fourth-order valence-electron chi connectivity index (χ4n) is 1.86. The SMILES string of the molecule is CCOP(=O)(OCC)Oc1cccc(N(CC)CC)c1. The Kier molecular flexibility index (Phi) is 7.06. The molecule has 0 bridgehead atoms. The lowest BCUT2D eigenvalue weighted by atomic mass is 10.2. The first kappa shape index (κ1) is 17.0. The van der Waals surface area contributed by atoms with E-state index in [0.29, 0.717) is 5.75 Å². The molecule has 0 atom stereocenters. The molecule has 1 aromatic rings. The molecule has 0 spiro atoms. The maximum absolute atomic E-state index is 12.3. The van der Waals surface area contributed by atoms with Crippen LogP contribution in [0.4, 0.5) is 5.69 Å². The minimum Gasteiger partial charge on any atom is -0.404 e. The van der Waals surface area contributed by atoms with Crippen molar-refractivity contribution in [1.29, 1.82) is 0 Å². The van der Waals surface area contributed by atoms with Crippen molar-refractivity contribution < 1.29 is 18.1 Å². The summed E-state index contributed by atoms with van der Waals surface area (Å²) in [5, 5.41) is 0. The third-order valence-corrected chi connectivity index (χ3v) is 4.32. The molecule has 0 radical (unpaired) electrons. The molecule has 5 nitrogen and oxygen atoms in total. The quantitative estimate of drug-likeness (QED) is 0.643. The van der Waals surface area contributed by atoms with Crippen LogP contribution in [0.25, 0.3) is 0 Å². The number of benzene rings is 1. The van der Waals surface area contributed by atoms with E-state index in [2.05, 4.69) is 18.7 Å².